The number of likely N-dealkylation sites (tertiary alicyclic amines) is 3. The van der Waals surface area contributed by atoms with Gasteiger partial charge in [0.15, 0.2) is 11.4 Å². The van der Waals surface area contributed by atoms with Gasteiger partial charge in [0.05, 0.1) is 17.5 Å². The van der Waals surface area contributed by atoms with Crippen molar-refractivity contribution >= 4 is 22.9 Å². The Morgan fingerprint density at radius 1 is 0.830 bits per heavy atom. The van der Waals surface area contributed by atoms with Crippen LogP contribution in [0.2, 0.25) is 0 Å². The van der Waals surface area contributed by atoms with E-state index < -0.39 is 11.7 Å². The lowest BCUT2D eigenvalue weighted by atomic mass is 9.91. The van der Waals surface area contributed by atoms with Crippen LogP contribution in [0.25, 0.3) is 22.5 Å². The fourth-order valence-corrected chi connectivity index (χ4v) is 7.65. The lowest BCUT2D eigenvalue weighted by Crippen LogP contribution is -2.50. The van der Waals surface area contributed by atoms with Gasteiger partial charge >= 0.3 is 11.4 Å². The number of hydrogen-bond donors (Lipinski definition) is 2. The van der Waals surface area contributed by atoms with Gasteiger partial charge < -0.3 is 19.1 Å². The average Bonchev–Trinajstić information content (AvgIpc) is 3.69. The third-order valence-corrected chi connectivity index (χ3v) is 10.3. The van der Waals surface area contributed by atoms with Gasteiger partial charge in [0.25, 0.3) is 0 Å². The Kier molecular flexibility index (Phi) is 9.10. The zero-order chi connectivity index (χ0) is 32.3. The van der Waals surface area contributed by atoms with E-state index in [1.807, 2.05) is 46.2 Å². The zero-order valence-corrected chi connectivity index (χ0v) is 26.7. The number of aromatic nitrogens is 4. The van der Waals surface area contributed by atoms with E-state index in [0.717, 1.165) is 37.1 Å². The molecule has 5 heterocycles. The molecule has 0 radical (unpaired) electrons. The molecule has 3 aliphatic heterocycles. The molecule has 0 bridgehead atoms. The molecule has 0 spiro atoms. The van der Waals surface area contributed by atoms with Gasteiger partial charge in [0.1, 0.15) is 0 Å². The van der Waals surface area contributed by atoms with Crippen molar-refractivity contribution < 1.29 is 14.0 Å². The molecule has 12 heteroatoms. The first-order chi connectivity index (χ1) is 22.9. The molecule has 12 nitrogen and oxygen atoms in total. The number of nitrogens with zero attached hydrogens (tertiary/aromatic N) is 5. The van der Waals surface area contributed by atoms with Crippen molar-refractivity contribution in [3.8, 4) is 11.4 Å². The summed E-state index contributed by atoms with van der Waals surface area (Å²) in [5, 5.41) is 4.56. The van der Waals surface area contributed by atoms with Gasteiger partial charge in [-0.3, -0.25) is 19.6 Å². The van der Waals surface area contributed by atoms with Crippen molar-refractivity contribution in [1.29, 1.82) is 0 Å². The first-order valence-electron chi connectivity index (χ1n) is 17.1. The predicted octanol–water partition coefficient (Wildman–Crippen LogP) is 3.56. The fraction of sp³-hybridized carbons (Fsp3) is 0.514. The summed E-state index contributed by atoms with van der Waals surface area (Å²) in [7, 11) is 0. The minimum Gasteiger partial charge on any atom is -0.408 e. The number of H-pyrrole nitrogens is 2. The number of amides is 2. The summed E-state index contributed by atoms with van der Waals surface area (Å²) >= 11 is 0. The van der Waals surface area contributed by atoms with E-state index in [9.17, 15) is 19.2 Å². The van der Waals surface area contributed by atoms with Crippen LogP contribution in [0.4, 0.5) is 0 Å². The summed E-state index contributed by atoms with van der Waals surface area (Å²) < 4.78 is 6.79. The Balaban J connectivity index is 1.02. The molecule has 2 aromatic carbocycles. The molecule has 2 N–H and O–H groups in total. The highest BCUT2D eigenvalue weighted by molar-refractivity contribution is 5.86. The molecule has 7 rings (SSSR count). The van der Waals surface area contributed by atoms with Crippen LogP contribution in [-0.4, -0.2) is 91.6 Å². The van der Waals surface area contributed by atoms with Crippen LogP contribution in [0.5, 0.6) is 0 Å². The SMILES string of the molecule is O=C(CC(Cc1ccc2[nH]c(=O)oc2c1)C(=O)N1CCC(N2CCCCC2)CC1)N1CCC(n2nc(-c3ccccc3)[nH]c2=O)CC1. The summed E-state index contributed by atoms with van der Waals surface area (Å²) in [6.45, 7) is 4.68. The lowest BCUT2D eigenvalue weighted by Gasteiger charge is -2.41. The number of benzene rings is 2. The number of hydrogen-bond acceptors (Lipinski definition) is 7. The van der Waals surface area contributed by atoms with Crippen molar-refractivity contribution in [2.24, 2.45) is 5.92 Å². The van der Waals surface area contributed by atoms with Crippen LogP contribution in [0.15, 0.2) is 62.5 Å². The Hall–Kier alpha value is -4.45. The number of rotatable bonds is 8. The van der Waals surface area contributed by atoms with Crippen LogP contribution in [0.3, 0.4) is 0 Å². The molecule has 3 aliphatic rings. The van der Waals surface area contributed by atoms with E-state index in [-0.39, 0.29) is 30.0 Å². The van der Waals surface area contributed by atoms with Crippen molar-refractivity contribution in [1.82, 2.24) is 34.4 Å². The van der Waals surface area contributed by atoms with E-state index in [4.69, 9.17) is 4.42 Å². The monoisotopic (exact) mass is 641 g/mol. The molecule has 2 aromatic heterocycles. The summed E-state index contributed by atoms with van der Waals surface area (Å²) in [4.78, 5) is 64.2. The van der Waals surface area contributed by atoms with Gasteiger partial charge in [0.2, 0.25) is 11.8 Å². The molecule has 2 amide bonds. The quantitative estimate of drug-likeness (QED) is 0.300. The molecule has 0 saturated carbocycles. The largest absolute Gasteiger partial charge is 0.417 e. The van der Waals surface area contributed by atoms with Crippen LogP contribution in [0.1, 0.15) is 63.0 Å². The lowest BCUT2D eigenvalue weighted by molar-refractivity contribution is -0.143. The van der Waals surface area contributed by atoms with Gasteiger partial charge in [-0.15, -0.1) is 5.10 Å². The van der Waals surface area contributed by atoms with Gasteiger partial charge in [-0.25, -0.2) is 14.3 Å². The molecular weight excluding hydrogens is 598 g/mol. The van der Waals surface area contributed by atoms with Gasteiger partial charge in [-0.2, -0.15) is 0 Å². The molecule has 3 fully saturated rings. The smallest absolute Gasteiger partial charge is 0.408 e. The molecule has 248 valence electrons. The van der Waals surface area contributed by atoms with E-state index in [1.165, 1.54) is 23.9 Å². The standard InChI is InChI=1S/C35H43N7O5/c43-31(40-17-13-28(14-18-40)42-34(45)37-32(38-42)25-7-3-1-4-8-25)23-26(21-24-9-10-29-30(22-24)47-35(46)36-29)33(44)41-19-11-27(12-20-41)39-15-5-2-6-16-39/h1,3-4,7-10,22,26-28H,2,5-6,11-21,23H2,(H,36,46)(H,37,38,45). The maximum absolute atomic E-state index is 14.1. The van der Waals surface area contributed by atoms with Crippen molar-refractivity contribution in [2.75, 3.05) is 39.3 Å². The maximum atomic E-state index is 14.1. The maximum Gasteiger partial charge on any atom is 0.417 e. The normalized spacial score (nSPS) is 19.3. The van der Waals surface area contributed by atoms with E-state index in [1.54, 1.807) is 12.1 Å². The van der Waals surface area contributed by atoms with E-state index in [0.29, 0.717) is 68.4 Å². The average molecular weight is 642 g/mol. The predicted molar refractivity (Wildman–Crippen MR) is 177 cm³/mol. The minimum absolute atomic E-state index is 0.0115. The van der Waals surface area contributed by atoms with Gasteiger partial charge in [-0.05, 0) is 75.7 Å². The number of piperidine rings is 3. The second-order valence-corrected chi connectivity index (χ2v) is 13.3. The molecule has 1 atom stereocenters. The second-order valence-electron chi connectivity index (χ2n) is 13.3. The summed E-state index contributed by atoms with van der Waals surface area (Å²) in [6.07, 6.45) is 7.41. The second kappa shape index (κ2) is 13.7. The fourth-order valence-electron chi connectivity index (χ4n) is 7.65. The first kappa shape index (κ1) is 31.2. The molecule has 1 unspecified atom stereocenters. The Morgan fingerprint density at radius 3 is 2.28 bits per heavy atom. The van der Waals surface area contributed by atoms with Crippen molar-refractivity contribution in [2.45, 2.75) is 69.9 Å². The number of carbonyl (C=O) groups excluding carboxylic acids is 2. The topological polar surface area (TPSA) is 141 Å². The summed E-state index contributed by atoms with van der Waals surface area (Å²) in [5.41, 5.74) is 2.49. The molecule has 47 heavy (non-hydrogen) atoms. The van der Waals surface area contributed by atoms with Crippen LogP contribution in [0, 0.1) is 5.92 Å². The Morgan fingerprint density at radius 2 is 1.53 bits per heavy atom. The summed E-state index contributed by atoms with van der Waals surface area (Å²) in [6, 6.07) is 15.4. The highest BCUT2D eigenvalue weighted by Crippen LogP contribution is 2.27. The van der Waals surface area contributed by atoms with Gasteiger partial charge in [-0.1, -0.05) is 42.8 Å². The minimum atomic E-state index is -0.530. The number of oxazole rings is 1. The highest BCUT2D eigenvalue weighted by Gasteiger charge is 2.34. The number of carbonyl (C=O) groups is 2. The molecular formula is C35H43N7O5. The van der Waals surface area contributed by atoms with Crippen molar-refractivity contribution in [3.05, 3.63) is 75.1 Å². The van der Waals surface area contributed by atoms with Gasteiger partial charge in [0, 0.05) is 44.2 Å². The Bertz CT molecular complexity index is 1800. The molecule has 0 aliphatic carbocycles. The Labute approximate surface area is 272 Å². The number of fused-ring (bicyclic) bond motifs is 1. The number of nitrogens with one attached hydrogen (secondary N) is 2. The van der Waals surface area contributed by atoms with Crippen molar-refractivity contribution in [3.63, 3.8) is 0 Å². The summed E-state index contributed by atoms with van der Waals surface area (Å²) in [5.74, 6) is -0.561. The zero-order valence-electron chi connectivity index (χ0n) is 26.7. The molecule has 3 saturated heterocycles. The third-order valence-electron chi connectivity index (χ3n) is 10.3. The van der Waals surface area contributed by atoms with Crippen LogP contribution < -0.4 is 11.4 Å². The first-order valence-corrected chi connectivity index (χ1v) is 17.1. The van der Waals surface area contributed by atoms with E-state index >= 15 is 0 Å². The molecule has 4 aromatic rings. The highest BCUT2D eigenvalue weighted by atomic mass is 16.4. The number of aromatic amines is 2. The van der Waals surface area contributed by atoms with E-state index in [2.05, 4.69) is 20.0 Å². The van der Waals surface area contributed by atoms with Crippen LogP contribution in [-0.2, 0) is 16.0 Å². The third kappa shape index (κ3) is 6.97. The van der Waals surface area contributed by atoms with Crippen LogP contribution >= 0.6 is 0 Å².